The van der Waals surface area contributed by atoms with Crippen molar-refractivity contribution in [3.05, 3.63) is 22.2 Å². The van der Waals surface area contributed by atoms with Gasteiger partial charge in [0.25, 0.3) is 0 Å². The number of hydrogen-bond acceptors (Lipinski definition) is 3. The van der Waals surface area contributed by atoms with Crippen LogP contribution in [0.2, 0.25) is 10.0 Å². The molecule has 1 aromatic carbocycles. The molecular weight excluding hydrogens is 263 g/mol. The van der Waals surface area contributed by atoms with E-state index in [1.807, 2.05) is 11.8 Å². The number of halogens is 2. The van der Waals surface area contributed by atoms with E-state index in [-0.39, 0.29) is 0 Å². The Kier molecular flexibility index (Phi) is 5.59. The smallest absolute Gasteiger partial charge is 0.0614 e. The second-order valence-corrected chi connectivity index (χ2v) is 5.71. The lowest BCUT2D eigenvalue weighted by Crippen LogP contribution is -2.09. The highest BCUT2D eigenvalue weighted by Gasteiger charge is 2.05. The van der Waals surface area contributed by atoms with Crippen LogP contribution in [0, 0.1) is 0 Å². The lowest BCUT2D eigenvalue weighted by atomic mass is 10.2. The van der Waals surface area contributed by atoms with Crippen molar-refractivity contribution < 1.29 is 0 Å². The lowest BCUT2D eigenvalue weighted by molar-refractivity contribution is 0.854. The Labute approximate surface area is 111 Å². The van der Waals surface area contributed by atoms with Crippen LogP contribution in [0.3, 0.4) is 0 Å². The minimum Gasteiger partial charge on any atom is -0.397 e. The average molecular weight is 279 g/mol. The normalized spacial score (nSPS) is 12.5. The van der Waals surface area contributed by atoms with Gasteiger partial charge in [0.2, 0.25) is 0 Å². The fourth-order valence-corrected chi connectivity index (χ4v) is 1.93. The largest absolute Gasteiger partial charge is 0.397 e. The van der Waals surface area contributed by atoms with Gasteiger partial charge in [0, 0.05) is 11.8 Å². The molecule has 0 amide bonds. The van der Waals surface area contributed by atoms with E-state index >= 15 is 0 Å². The van der Waals surface area contributed by atoms with E-state index in [1.54, 1.807) is 12.1 Å². The molecular formula is C11H16Cl2N2S. The van der Waals surface area contributed by atoms with Crippen molar-refractivity contribution in [2.45, 2.75) is 18.6 Å². The van der Waals surface area contributed by atoms with Crippen LogP contribution < -0.4 is 11.1 Å². The zero-order valence-electron chi connectivity index (χ0n) is 9.39. The Balaban J connectivity index is 2.57. The Hall–Kier alpha value is -0.250. The van der Waals surface area contributed by atoms with E-state index in [4.69, 9.17) is 28.9 Å². The van der Waals surface area contributed by atoms with E-state index in [2.05, 4.69) is 18.5 Å². The minimum absolute atomic E-state index is 0.488. The topological polar surface area (TPSA) is 38.0 Å². The van der Waals surface area contributed by atoms with Crippen molar-refractivity contribution in [1.29, 1.82) is 0 Å². The number of nitrogens with one attached hydrogen (secondary N) is 1. The van der Waals surface area contributed by atoms with E-state index in [0.717, 1.165) is 18.7 Å². The van der Waals surface area contributed by atoms with Crippen molar-refractivity contribution in [3.8, 4) is 0 Å². The summed E-state index contributed by atoms with van der Waals surface area (Å²) in [4.78, 5) is 0. The fourth-order valence-electron chi connectivity index (χ4n) is 1.24. The number of hydrogen-bond donors (Lipinski definition) is 2. The summed E-state index contributed by atoms with van der Waals surface area (Å²) in [6.45, 7) is 3.08. The molecule has 3 N–H and O–H groups in total. The summed E-state index contributed by atoms with van der Waals surface area (Å²) in [5.74, 6) is 0. The third-order valence-corrected chi connectivity index (χ3v) is 4.12. The van der Waals surface area contributed by atoms with Gasteiger partial charge in [0.15, 0.2) is 0 Å². The summed E-state index contributed by atoms with van der Waals surface area (Å²) >= 11 is 13.6. The molecule has 1 atom stereocenters. The van der Waals surface area contributed by atoms with E-state index in [0.29, 0.717) is 21.0 Å². The molecule has 1 rings (SSSR count). The maximum absolute atomic E-state index is 5.92. The van der Waals surface area contributed by atoms with Crippen LogP contribution in [0.1, 0.15) is 13.3 Å². The fraction of sp³-hybridized carbons (Fsp3) is 0.455. The van der Waals surface area contributed by atoms with Gasteiger partial charge in [-0.25, -0.2) is 0 Å². The molecule has 1 aromatic rings. The summed E-state index contributed by atoms with van der Waals surface area (Å²) in [5, 5.41) is 4.91. The van der Waals surface area contributed by atoms with Gasteiger partial charge >= 0.3 is 0 Å². The number of rotatable bonds is 5. The average Bonchev–Trinajstić information content (AvgIpc) is 2.25. The molecule has 0 heterocycles. The number of anilines is 2. The van der Waals surface area contributed by atoms with Crippen molar-refractivity contribution in [2.24, 2.45) is 0 Å². The van der Waals surface area contributed by atoms with Crippen LogP contribution in [0.15, 0.2) is 12.1 Å². The quantitative estimate of drug-likeness (QED) is 0.796. The summed E-state index contributed by atoms with van der Waals surface area (Å²) in [5.41, 5.74) is 7.31. The van der Waals surface area contributed by atoms with Gasteiger partial charge in [-0.1, -0.05) is 30.1 Å². The van der Waals surface area contributed by atoms with Crippen LogP contribution in [-0.4, -0.2) is 18.1 Å². The van der Waals surface area contributed by atoms with Gasteiger partial charge in [-0.05, 0) is 24.8 Å². The predicted molar refractivity (Wildman–Crippen MR) is 77.0 cm³/mol. The van der Waals surface area contributed by atoms with Crippen molar-refractivity contribution >= 4 is 46.3 Å². The molecule has 0 aliphatic heterocycles. The SMILES string of the molecule is CSC(C)CCNc1cc(Cl)c(Cl)cc1N. The Morgan fingerprint density at radius 1 is 1.38 bits per heavy atom. The first kappa shape index (κ1) is 13.8. The van der Waals surface area contributed by atoms with Crippen LogP contribution in [0.5, 0.6) is 0 Å². The third-order valence-electron chi connectivity index (χ3n) is 2.36. The second kappa shape index (κ2) is 6.48. The predicted octanol–water partition coefficient (Wildman–Crippen LogP) is 4.13. The molecule has 1 unspecified atom stereocenters. The van der Waals surface area contributed by atoms with Crippen LogP contribution in [0.25, 0.3) is 0 Å². The van der Waals surface area contributed by atoms with E-state index < -0.39 is 0 Å². The maximum atomic E-state index is 5.92. The van der Waals surface area contributed by atoms with Gasteiger partial charge in [-0.15, -0.1) is 0 Å². The molecule has 0 aromatic heterocycles. The molecule has 0 aliphatic carbocycles. The minimum atomic E-state index is 0.488. The highest BCUT2D eigenvalue weighted by Crippen LogP contribution is 2.30. The van der Waals surface area contributed by atoms with Gasteiger partial charge in [-0.2, -0.15) is 11.8 Å². The second-order valence-electron chi connectivity index (χ2n) is 3.62. The molecule has 0 fully saturated rings. The van der Waals surface area contributed by atoms with Gasteiger partial charge < -0.3 is 11.1 Å². The molecule has 5 heteroatoms. The van der Waals surface area contributed by atoms with Gasteiger partial charge in [-0.3, -0.25) is 0 Å². The first-order valence-corrected chi connectivity index (χ1v) is 7.10. The highest BCUT2D eigenvalue weighted by atomic mass is 35.5. The van der Waals surface area contributed by atoms with Crippen molar-refractivity contribution in [2.75, 3.05) is 23.9 Å². The van der Waals surface area contributed by atoms with E-state index in [9.17, 15) is 0 Å². The van der Waals surface area contributed by atoms with Gasteiger partial charge in [0.1, 0.15) is 0 Å². The Bertz CT molecular complexity index is 358. The molecule has 0 saturated carbocycles. The Morgan fingerprint density at radius 3 is 2.62 bits per heavy atom. The lowest BCUT2D eigenvalue weighted by Gasteiger charge is -2.12. The molecule has 0 saturated heterocycles. The molecule has 0 spiro atoms. The standard InChI is InChI=1S/C11H16Cl2N2S/c1-7(16-2)3-4-15-11-6-9(13)8(12)5-10(11)14/h5-7,15H,3-4,14H2,1-2H3. The molecule has 0 aliphatic rings. The molecule has 0 bridgehead atoms. The van der Waals surface area contributed by atoms with Crippen LogP contribution in [0.4, 0.5) is 11.4 Å². The maximum Gasteiger partial charge on any atom is 0.0614 e. The van der Waals surface area contributed by atoms with Crippen LogP contribution >= 0.6 is 35.0 Å². The third kappa shape index (κ3) is 3.96. The molecule has 2 nitrogen and oxygen atoms in total. The molecule has 16 heavy (non-hydrogen) atoms. The number of nitrogens with two attached hydrogens (primary N) is 1. The monoisotopic (exact) mass is 278 g/mol. The zero-order chi connectivity index (χ0) is 12.1. The summed E-state index contributed by atoms with van der Waals surface area (Å²) in [7, 11) is 0. The highest BCUT2D eigenvalue weighted by molar-refractivity contribution is 7.99. The molecule has 90 valence electrons. The van der Waals surface area contributed by atoms with Gasteiger partial charge in [0.05, 0.1) is 21.4 Å². The Morgan fingerprint density at radius 2 is 2.00 bits per heavy atom. The summed E-state index contributed by atoms with van der Waals surface area (Å²) in [6.07, 6.45) is 3.19. The van der Waals surface area contributed by atoms with Crippen molar-refractivity contribution in [3.63, 3.8) is 0 Å². The number of benzene rings is 1. The first-order valence-electron chi connectivity index (χ1n) is 5.05. The van der Waals surface area contributed by atoms with E-state index in [1.165, 1.54) is 0 Å². The number of nitrogen functional groups attached to an aromatic ring is 1. The molecule has 0 radical (unpaired) electrons. The first-order chi connectivity index (χ1) is 7.54. The zero-order valence-corrected chi connectivity index (χ0v) is 11.7. The summed E-state index contributed by atoms with van der Waals surface area (Å²) < 4.78 is 0. The number of thioether (sulfide) groups is 1. The summed E-state index contributed by atoms with van der Waals surface area (Å²) in [6, 6.07) is 3.44. The van der Waals surface area contributed by atoms with Crippen molar-refractivity contribution in [1.82, 2.24) is 0 Å². The van der Waals surface area contributed by atoms with Crippen LogP contribution in [-0.2, 0) is 0 Å².